The third-order valence-corrected chi connectivity index (χ3v) is 3.78. The van der Waals surface area contributed by atoms with Crippen molar-refractivity contribution in [2.75, 3.05) is 32.1 Å². The van der Waals surface area contributed by atoms with Crippen LogP contribution in [-0.2, 0) is 0 Å². The van der Waals surface area contributed by atoms with Crippen LogP contribution in [0.15, 0.2) is 0 Å². The van der Waals surface area contributed by atoms with Crippen LogP contribution in [0.4, 0.5) is 0 Å². The van der Waals surface area contributed by atoms with E-state index in [0.717, 1.165) is 12.6 Å². The van der Waals surface area contributed by atoms with E-state index in [-0.39, 0.29) is 0 Å². The van der Waals surface area contributed by atoms with Gasteiger partial charge in [-0.3, -0.25) is 0 Å². The fourth-order valence-corrected chi connectivity index (χ4v) is 2.61. The highest BCUT2D eigenvalue weighted by molar-refractivity contribution is 7.98. The van der Waals surface area contributed by atoms with Crippen LogP contribution in [0.25, 0.3) is 0 Å². The minimum Gasteiger partial charge on any atom is -0.330 e. The van der Waals surface area contributed by atoms with Crippen LogP contribution >= 0.6 is 11.8 Å². The van der Waals surface area contributed by atoms with Crippen LogP contribution in [0, 0.1) is 5.92 Å². The Hall–Kier alpha value is 0.270. The Morgan fingerprint density at radius 1 is 1.40 bits per heavy atom. The maximum absolute atomic E-state index is 5.61. The maximum Gasteiger partial charge on any atom is 0.0180 e. The number of hydrogen-bond acceptors (Lipinski definition) is 3. The van der Waals surface area contributed by atoms with Crippen molar-refractivity contribution in [1.82, 2.24) is 4.90 Å². The van der Waals surface area contributed by atoms with Gasteiger partial charge in [0.05, 0.1) is 0 Å². The fraction of sp³-hybridized carbons (Fsp3) is 1.00. The lowest BCUT2D eigenvalue weighted by Crippen LogP contribution is -2.34. The molecule has 0 aromatic carbocycles. The van der Waals surface area contributed by atoms with E-state index in [0.29, 0.717) is 5.92 Å². The summed E-state index contributed by atoms with van der Waals surface area (Å²) in [6, 6.07) is 0.744. The number of thioether (sulfide) groups is 1. The smallest absolute Gasteiger partial charge is 0.0180 e. The monoisotopic (exact) mass is 232 g/mol. The Morgan fingerprint density at radius 2 is 2.07 bits per heavy atom. The normalized spacial score (nSPS) is 15.6. The molecule has 2 atom stereocenters. The number of hydrogen-bond donors (Lipinski definition) is 1. The van der Waals surface area contributed by atoms with Crippen molar-refractivity contribution >= 4 is 11.8 Å². The lowest BCUT2D eigenvalue weighted by molar-refractivity contribution is 0.246. The molecule has 2 unspecified atom stereocenters. The molecule has 0 rings (SSSR count). The van der Waals surface area contributed by atoms with Gasteiger partial charge in [0.15, 0.2) is 0 Å². The Morgan fingerprint density at radius 3 is 2.53 bits per heavy atom. The first-order valence-corrected chi connectivity index (χ1v) is 7.44. The molecule has 3 heteroatoms. The van der Waals surface area contributed by atoms with Gasteiger partial charge in [0.2, 0.25) is 0 Å². The summed E-state index contributed by atoms with van der Waals surface area (Å²) in [4.78, 5) is 2.50. The highest BCUT2D eigenvalue weighted by Gasteiger charge is 2.11. The molecule has 0 amide bonds. The Balaban J connectivity index is 3.65. The first-order valence-electron chi connectivity index (χ1n) is 6.04. The molecular formula is C12H28N2S. The summed E-state index contributed by atoms with van der Waals surface area (Å²) in [5, 5.41) is 0. The van der Waals surface area contributed by atoms with Crippen molar-refractivity contribution in [3.05, 3.63) is 0 Å². The van der Waals surface area contributed by atoms with Gasteiger partial charge in [-0.2, -0.15) is 11.8 Å². The van der Waals surface area contributed by atoms with Crippen molar-refractivity contribution in [2.24, 2.45) is 11.7 Å². The van der Waals surface area contributed by atoms with Gasteiger partial charge in [-0.1, -0.05) is 13.8 Å². The molecule has 0 fully saturated rings. The second kappa shape index (κ2) is 9.49. The largest absolute Gasteiger partial charge is 0.330 e. The molecule has 0 saturated heterocycles. The molecule has 0 spiro atoms. The highest BCUT2D eigenvalue weighted by atomic mass is 32.2. The summed E-state index contributed by atoms with van der Waals surface area (Å²) in [7, 11) is 2.25. The predicted molar refractivity (Wildman–Crippen MR) is 72.5 cm³/mol. The first kappa shape index (κ1) is 15.3. The first-order chi connectivity index (χ1) is 7.15. The van der Waals surface area contributed by atoms with Crippen molar-refractivity contribution in [1.29, 1.82) is 0 Å². The van der Waals surface area contributed by atoms with E-state index >= 15 is 0 Å². The van der Waals surface area contributed by atoms with E-state index in [1.54, 1.807) is 0 Å². The standard InChI is InChI=1S/C12H28N2S/c1-5-12(10-15-4)14(3)8-6-7-11(2)9-13/h11-12H,5-10,13H2,1-4H3. The van der Waals surface area contributed by atoms with Crippen molar-refractivity contribution < 1.29 is 0 Å². The van der Waals surface area contributed by atoms with Crippen LogP contribution in [0.3, 0.4) is 0 Å². The number of nitrogens with two attached hydrogens (primary N) is 1. The summed E-state index contributed by atoms with van der Waals surface area (Å²) >= 11 is 1.95. The molecule has 0 aliphatic carbocycles. The number of rotatable bonds is 9. The number of nitrogens with zero attached hydrogens (tertiary/aromatic N) is 1. The van der Waals surface area contributed by atoms with Gasteiger partial charge in [-0.15, -0.1) is 0 Å². The molecule has 0 aromatic heterocycles. The molecule has 2 N–H and O–H groups in total. The molecule has 0 aliphatic heterocycles. The minimum absolute atomic E-state index is 0.680. The zero-order valence-corrected chi connectivity index (χ0v) is 11.6. The zero-order chi connectivity index (χ0) is 11.7. The topological polar surface area (TPSA) is 29.3 Å². The quantitative estimate of drug-likeness (QED) is 0.662. The van der Waals surface area contributed by atoms with E-state index in [9.17, 15) is 0 Å². The van der Waals surface area contributed by atoms with Crippen LogP contribution in [0.1, 0.15) is 33.1 Å². The van der Waals surface area contributed by atoms with Crippen LogP contribution in [-0.4, -0.2) is 43.1 Å². The van der Waals surface area contributed by atoms with Crippen molar-refractivity contribution in [2.45, 2.75) is 39.2 Å². The van der Waals surface area contributed by atoms with E-state index in [4.69, 9.17) is 5.73 Å². The van der Waals surface area contributed by atoms with Gasteiger partial charge >= 0.3 is 0 Å². The van der Waals surface area contributed by atoms with Crippen molar-refractivity contribution in [3.8, 4) is 0 Å². The molecule has 0 heterocycles. The Labute approximate surface area is 100.0 Å². The molecule has 0 bridgehead atoms. The molecule has 92 valence electrons. The Kier molecular flexibility index (Phi) is 9.66. The third-order valence-electron chi connectivity index (χ3n) is 3.06. The Bertz CT molecular complexity index is 142. The highest BCUT2D eigenvalue weighted by Crippen LogP contribution is 2.10. The fourth-order valence-electron chi connectivity index (χ4n) is 1.74. The van der Waals surface area contributed by atoms with E-state index in [2.05, 4.69) is 32.1 Å². The van der Waals surface area contributed by atoms with Gasteiger partial charge in [0.1, 0.15) is 0 Å². The molecular weight excluding hydrogens is 204 g/mol. The summed E-state index contributed by atoms with van der Waals surface area (Å²) in [5.41, 5.74) is 5.61. The maximum atomic E-state index is 5.61. The molecule has 0 aromatic rings. The summed E-state index contributed by atoms with van der Waals surface area (Å²) < 4.78 is 0. The van der Waals surface area contributed by atoms with Gasteiger partial charge in [0.25, 0.3) is 0 Å². The molecule has 2 nitrogen and oxygen atoms in total. The lowest BCUT2D eigenvalue weighted by atomic mass is 10.1. The zero-order valence-electron chi connectivity index (χ0n) is 10.8. The van der Waals surface area contributed by atoms with Gasteiger partial charge in [-0.25, -0.2) is 0 Å². The molecule has 0 saturated carbocycles. The average molecular weight is 232 g/mol. The molecule has 0 radical (unpaired) electrons. The summed E-state index contributed by atoms with van der Waals surface area (Å²) in [5.74, 6) is 1.93. The van der Waals surface area contributed by atoms with Crippen LogP contribution < -0.4 is 5.73 Å². The minimum atomic E-state index is 0.680. The predicted octanol–water partition coefficient (Wildman–Crippen LogP) is 2.43. The van der Waals surface area contributed by atoms with Gasteiger partial charge in [-0.05, 0) is 51.6 Å². The van der Waals surface area contributed by atoms with E-state index < -0.39 is 0 Å². The SMILES string of the molecule is CCC(CSC)N(C)CCCC(C)CN. The van der Waals surface area contributed by atoms with E-state index in [1.807, 2.05) is 11.8 Å². The second-order valence-corrected chi connectivity index (χ2v) is 5.39. The summed E-state index contributed by atoms with van der Waals surface area (Å²) in [6.07, 6.45) is 5.98. The van der Waals surface area contributed by atoms with Gasteiger partial charge < -0.3 is 10.6 Å². The lowest BCUT2D eigenvalue weighted by Gasteiger charge is -2.26. The van der Waals surface area contributed by atoms with Crippen molar-refractivity contribution in [3.63, 3.8) is 0 Å². The molecule has 15 heavy (non-hydrogen) atoms. The second-order valence-electron chi connectivity index (χ2n) is 4.48. The molecule has 0 aliphatic rings. The third kappa shape index (κ3) is 7.20. The van der Waals surface area contributed by atoms with E-state index in [1.165, 1.54) is 31.6 Å². The van der Waals surface area contributed by atoms with Crippen LogP contribution in [0.2, 0.25) is 0 Å². The average Bonchev–Trinajstić information content (AvgIpc) is 2.25. The summed E-state index contributed by atoms with van der Waals surface area (Å²) in [6.45, 7) is 6.55. The van der Waals surface area contributed by atoms with Crippen LogP contribution in [0.5, 0.6) is 0 Å². The van der Waals surface area contributed by atoms with Gasteiger partial charge in [0, 0.05) is 11.8 Å².